The molecule has 3 N–H and O–H groups in total. The Morgan fingerprint density at radius 3 is 2.84 bits per heavy atom. The zero-order valence-corrected chi connectivity index (χ0v) is 10.5. The molecule has 0 saturated heterocycles. The van der Waals surface area contributed by atoms with Gasteiger partial charge in [-0.15, -0.1) is 0 Å². The first-order chi connectivity index (χ1) is 9.00. The Labute approximate surface area is 113 Å². The predicted octanol–water partition coefficient (Wildman–Crippen LogP) is 1.70. The van der Waals surface area contributed by atoms with Gasteiger partial charge < -0.3 is 20.5 Å². The lowest BCUT2D eigenvalue weighted by molar-refractivity contribution is -0.142. The quantitative estimate of drug-likeness (QED) is 0.696. The van der Waals surface area contributed by atoms with Crippen LogP contribution >= 0.6 is 11.6 Å². The second-order valence-electron chi connectivity index (χ2n) is 3.43. The van der Waals surface area contributed by atoms with E-state index in [0.29, 0.717) is 0 Å². The van der Waals surface area contributed by atoms with E-state index in [9.17, 15) is 14.0 Å². The largest absolute Gasteiger partial charge is 0.480 e. The van der Waals surface area contributed by atoms with Crippen LogP contribution in [0.5, 0.6) is 0 Å². The van der Waals surface area contributed by atoms with E-state index >= 15 is 0 Å². The van der Waals surface area contributed by atoms with Crippen LogP contribution in [-0.4, -0.2) is 36.9 Å². The molecule has 0 heterocycles. The molecule has 0 aliphatic rings. The standard InChI is InChI=1S/C11H12ClFN2O4/c12-7-2-1-3-8(10(7)13)15-11(18)14-4-5-19-6-9(16)17/h1-3H,4-6H2,(H,16,17)(H2,14,15,18). The summed E-state index contributed by atoms with van der Waals surface area (Å²) in [5.41, 5.74) is -0.0449. The number of anilines is 1. The molecule has 2 amide bonds. The van der Waals surface area contributed by atoms with Crippen molar-refractivity contribution in [2.75, 3.05) is 25.1 Å². The van der Waals surface area contributed by atoms with Gasteiger partial charge in [0, 0.05) is 6.54 Å². The van der Waals surface area contributed by atoms with Crippen molar-refractivity contribution in [3.05, 3.63) is 29.0 Å². The average Bonchev–Trinajstić information content (AvgIpc) is 2.34. The number of carboxylic acid groups (broad SMARTS) is 1. The summed E-state index contributed by atoms with van der Waals surface area (Å²) in [7, 11) is 0. The van der Waals surface area contributed by atoms with E-state index in [4.69, 9.17) is 21.4 Å². The molecule has 0 aliphatic heterocycles. The maximum absolute atomic E-state index is 13.4. The Balaban J connectivity index is 2.31. The first-order valence-corrected chi connectivity index (χ1v) is 5.67. The molecule has 0 bridgehead atoms. The van der Waals surface area contributed by atoms with Crippen molar-refractivity contribution in [3.8, 4) is 0 Å². The number of ether oxygens (including phenoxy) is 1. The maximum Gasteiger partial charge on any atom is 0.329 e. The number of benzene rings is 1. The van der Waals surface area contributed by atoms with Crippen molar-refractivity contribution in [1.29, 1.82) is 0 Å². The molecule has 1 aromatic rings. The van der Waals surface area contributed by atoms with Gasteiger partial charge in [-0.05, 0) is 12.1 Å². The van der Waals surface area contributed by atoms with Gasteiger partial charge in [-0.25, -0.2) is 14.0 Å². The van der Waals surface area contributed by atoms with E-state index in [0.717, 1.165) is 0 Å². The topological polar surface area (TPSA) is 87.7 Å². The minimum absolute atomic E-state index is 0.0394. The maximum atomic E-state index is 13.4. The average molecular weight is 291 g/mol. The summed E-state index contributed by atoms with van der Waals surface area (Å²) in [5, 5.41) is 12.8. The summed E-state index contributed by atoms with van der Waals surface area (Å²) >= 11 is 5.55. The fourth-order valence-electron chi connectivity index (χ4n) is 1.16. The molecule has 6 nitrogen and oxygen atoms in total. The van der Waals surface area contributed by atoms with Crippen molar-refractivity contribution in [2.45, 2.75) is 0 Å². The smallest absolute Gasteiger partial charge is 0.329 e. The van der Waals surface area contributed by atoms with E-state index in [1.165, 1.54) is 18.2 Å². The molecule has 19 heavy (non-hydrogen) atoms. The van der Waals surface area contributed by atoms with Crippen LogP contribution in [-0.2, 0) is 9.53 Å². The number of hydrogen-bond donors (Lipinski definition) is 3. The van der Waals surface area contributed by atoms with Crippen molar-refractivity contribution >= 4 is 29.3 Å². The monoisotopic (exact) mass is 290 g/mol. The molecule has 0 radical (unpaired) electrons. The third-order valence-electron chi connectivity index (χ3n) is 1.96. The predicted molar refractivity (Wildman–Crippen MR) is 66.9 cm³/mol. The van der Waals surface area contributed by atoms with Crippen LogP contribution in [0.15, 0.2) is 18.2 Å². The van der Waals surface area contributed by atoms with Gasteiger partial charge in [0.25, 0.3) is 0 Å². The summed E-state index contributed by atoms with van der Waals surface area (Å²) in [5.74, 6) is -1.81. The van der Waals surface area contributed by atoms with Gasteiger partial charge >= 0.3 is 12.0 Å². The van der Waals surface area contributed by atoms with Gasteiger partial charge in [0.2, 0.25) is 0 Å². The third-order valence-corrected chi connectivity index (χ3v) is 2.25. The fraction of sp³-hybridized carbons (Fsp3) is 0.273. The zero-order chi connectivity index (χ0) is 14.3. The highest BCUT2D eigenvalue weighted by Crippen LogP contribution is 2.21. The lowest BCUT2D eigenvalue weighted by Gasteiger charge is -2.08. The van der Waals surface area contributed by atoms with E-state index < -0.39 is 24.4 Å². The molecule has 0 atom stereocenters. The number of aliphatic carboxylic acids is 1. The minimum Gasteiger partial charge on any atom is -0.480 e. The van der Waals surface area contributed by atoms with Crippen LogP contribution in [0.25, 0.3) is 0 Å². The van der Waals surface area contributed by atoms with Crippen LogP contribution < -0.4 is 10.6 Å². The molecular weight excluding hydrogens is 279 g/mol. The van der Waals surface area contributed by atoms with Crippen molar-refractivity contribution in [3.63, 3.8) is 0 Å². The zero-order valence-electron chi connectivity index (χ0n) is 9.78. The number of halogens is 2. The minimum atomic E-state index is -1.09. The first kappa shape index (κ1) is 15.2. The van der Waals surface area contributed by atoms with Gasteiger partial charge in [-0.3, -0.25) is 0 Å². The number of carbonyl (C=O) groups excluding carboxylic acids is 1. The van der Waals surface area contributed by atoms with Crippen LogP contribution in [0.2, 0.25) is 5.02 Å². The van der Waals surface area contributed by atoms with Crippen molar-refractivity contribution < 1.29 is 23.8 Å². The molecule has 0 unspecified atom stereocenters. The Morgan fingerprint density at radius 2 is 2.16 bits per heavy atom. The van der Waals surface area contributed by atoms with Crippen molar-refractivity contribution in [1.82, 2.24) is 5.32 Å². The third kappa shape index (κ3) is 5.54. The summed E-state index contributed by atoms with van der Waals surface area (Å²) in [6.45, 7) is -0.300. The molecule has 0 spiro atoms. The first-order valence-electron chi connectivity index (χ1n) is 5.29. The summed E-state index contributed by atoms with van der Waals surface area (Å²) in [6, 6.07) is 3.58. The summed E-state index contributed by atoms with van der Waals surface area (Å²) in [6.07, 6.45) is 0. The Hall–Kier alpha value is -1.86. The normalized spacial score (nSPS) is 10.0. The van der Waals surface area contributed by atoms with Crippen LogP contribution in [0.4, 0.5) is 14.9 Å². The number of rotatable bonds is 6. The molecule has 1 rings (SSSR count). The molecule has 0 aliphatic carbocycles. The molecule has 1 aromatic carbocycles. The van der Waals surface area contributed by atoms with E-state index in [2.05, 4.69) is 10.6 Å². The molecule has 8 heteroatoms. The second kappa shape index (κ2) is 7.55. The summed E-state index contributed by atoms with van der Waals surface area (Å²) < 4.78 is 18.1. The SMILES string of the molecule is O=C(O)COCCNC(=O)Nc1cccc(Cl)c1F. The summed E-state index contributed by atoms with van der Waals surface area (Å²) in [4.78, 5) is 21.5. The van der Waals surface area contributed by atoms with Crippen LogP contribution in [0.1, 0.15) is 0 Å². The van der Waals surface area contributed by atoms with Gasteiger partial charge in [-0.1, -0.05) is 17.7 Å². The lowest BCUT2D eigenvalue weighted by atomic mass is 10.3. The second-order valence-corrected chi connectivity index (χ2v) is 3.84. The fourth-order valence-corrected chi connectivity index (χ4v) is 1.34. The van der Waals surface area contributed by atoms with E-state index in [1.54, 1.807) is 0 Å². The van der Waals surface area contributed by atoms with Crippen molar-refractivity contribution in [2.24, 2.45) is 0 Å². The highest BCUT2D eigenvalue weighted by molar-refractivity contribution is 6.31. The number of urea groups is 1. The highest BCUT2D eigenvalue weighted by Gasteiger charge is 2.08. The van der Waals surface area contributed by atoms with E-state index in [1.807, 2.05) is 0 Å². The number of nitrogens with one attached hydrogen (secondary N) is 2. The van der Waals surface area contributed by atoms with Gasteiger partial charge in [0.15, 0.2) is 5.82 Å². The molecule has 104 valence electrons. The van der Waals surface area contributed by atoms with Gasteiger partial charge in [-0.2, -0.15) is 0 Å². The molecular formula is C11H12ClFN2O4. The Kier molecular flexibility index (Phi) is 6.04. The highest BCUT2D eigenvalue weighted by atomic mass is 35.5. The Bertz CT molecular complexity index is 470. The van der Waals surface area contributed by atoms with Gasteiger partial charge in [0.05, 0.1) is 17.3 Å². The Morgan fingerprint density at radius 1 is 1.42 bits per heavy atom. The van der Waals surface area contributed by atoms with Gasteiger partial charge in [0.1, 0.15) is 6.61 Å². The molecule has 0 aromatic heterocycles. The lowest BCUT2D eigenvalue weighted by Crippen LogP contribution is -2.32. The van der Waals surface area contributed by atoms with Crippen LogP contribution in [0.3, 0.4) is 0 Å². The molecule has 0 fully saturated rings. The number of carbonyl (C=O) groups is 2. The molecule has 0 saturated carbocycles. The number of carboxylic acids is 1. The van der Waals surface area contributed by atoms with Crippen LogP contribution in [0, 0.1) is 5.82 Å². The van der Waals surface area contributed by atoms with E-state index in [-0.39, 0.29) is 23.9 Å². The number of hydrogen-bond acceptors (Lipinski definition) is 3. The number of amides is 2.